The Morgan fingerprint density at radius 3 is 2.58 bits per heavy atom. The van der Waals surface area contributed by atoms with Crippen LogP contribution in [-0.4, -0.2) is 32.5 Å². The minimum atomic E-state index is -3.84. The van der Waals surface area contributed by atoms with E-state index in [-0.39, 0.29) is 28.0 Å². The number of ether oxygens (including phenoxy) is 1. The number of nitrogens with one attached hydrogen (secondary N) is 1. The van der Waals surface area contributed by atoms with E-state index in [4.69, 9.17) is 4.74 Å². The average molecular weight is 439 g/mol. The number of carbonyl (C=O) groups is 1. The maximum atomic E-state index is 13.6. The molecule has 31 heavy (non-hydrogen) atoms. The molecule has 0 saturated carbocycles. The first-order chi connectivity index (χ1) is 14.9. The topological polar surface area (TPSA) is 97.7 Å². The van der Waals surface area contributed by atoms with Crippen molar-refractivity contribution < 1.29 is 22.3 Å². The summed E-state index contributed by atoms with van der Waals surface area (Å²) in [6.45, 7) is 0.220. The van der Waals surface area contributed by atoms with Crippen LogP contribution < -0.4 is 20.6 Å². The monoisotopic (exact) mass is 439 g/mol. The first kappa shape index (κ1) is 20.7. The number of halogens is 1. The Bertz CT molecular complexity index is 1340. The van der Waals surface area contributed by atoms with Gasteiger partial charge in [-0.05, 0) is 42.0 Å². The normalized spacial score (nSPS) is 14.8. The maximum absolute atomic E-state index is 13.6. The van der Waals surface area contributed by atoms with Crippen LogP contribution in [0.1, 0.15) is 5.56 Å². The van der Waals surface area contributed by atoms with Gasteiger partial charge in [-0.15, -0.1) is 0 Å². The van der Waals surface area contributed by atoms with E-state index in [1.165, 1.54) is 25.3 Å². The molecular weight excluding hydrogens is 421 g/mol. The third-order valence-corrected chi connectivity index (χ3v) is 6.61. The second-order valence-electron chi connectivity index (χ2n) is 6.84. The molecule has 4 rings (SSSR count). The van der Waals surface area contributed by atoms with Crippen molar-refractivity contribution in [3.05, 3.63) is 82.9 Å². The van der Waals surface area contributed by atoms with Crippen LogP contribution in [0.25, 0.3) is 6.08 Å². The molecule has 1 aliphatic rings. The number of aromatic nitrogens is 1. The van der Waals surface area contributed by atoms with E-state index in [0.717, 1.165) is 28.3 Å². The summed E-state index contributed by atoms with van der Waals surface area (Å²) in [6, 6.07) is 10.6. The number of amides is 1. The van der Waals surface area contributed by atoms with E-state index in [0.29, 0.717) is 0 Å². The van der Waals surface area contributed by atoms with Gasteiger partial charge < -0.3 is 10.1 Å². The number of fused-ring (bicyclic) bond motifs is 1. The van der Waals surface area contributed by atoms with E-state index in [1.54, 1.807) is 36.7 Å². The molecule has 2 aromatic carbocycles. The van der Waals surface area contributed by atoms with Crippen molar-refractivity contribution in [1.29, 1.82) is 0 Å². The van der Waals surface area contributed by atoms with Crippen LogP contribution in [0.3, 0.4) is 0 Å². The minimum absolute atomic E-state index is 0.0540. The summed E-state index contributed by atoms with van der Waals surface area (Å²) in [7, 11) is -2.57. The fraction of sp³-hybridized carbons (Fsp3) is 0.136. The molecule has 1 aromatic heterocycles. The highest BCUT2D eigenvalue weighted by atomic mass is 32.2. The van der Waals surface area contributed by atoms with Gasteiger partial charge in [-0.3, -0.25) is 14.8 Å². The Hall–Kier alpha value is -3.59. The number of hydrogen-bond acceptors (Lipinski definition) is 6. The fourth-order valence-corrected chi connectivity index (χ4v) is 4.44. The lowest BCUT2D eigenvalue weighted by Crippen LogP contribution is -2.31. The molecule has 1 amide bonds. The molecule has 0 radical (unpaired) electrons. The van der Waals surface area contributed by atoms with Gasteiger partial charge in [0.05, 0.1) is 22.3 Å². The number of methoxy groups -OCH3 is 1. The standard InChI is InChI=1S/C22H18FN3O4S/c1-30-21-11-17(6-7-18(21)23)31(28,29)16-4-2-14(3-5-16)12-25-22(27)20-10-15-13-24-9-8-19(15)26-20/h2-11,13,20H,12H2,1H3,(H,25,27). The quantitative estimate of drug-likeness (QED) is 0.582. The Morgan fingerprint density at radius 1 is 1.13 bits per heavy atom. The third kappa shape index (κ3) is 4.17. The highest BCUT2D eigenvalue weighted by Gasteiger charge is 2.20. The minimum Gasteiger partial charge on any atom is -0.494 e. The molecule has 0 fully saturated rings. The zero-order valence-electron chi connectivity index (χ0n) is 16.4. The van der Waals surface area contributed by atoms with Gasteiger partial charge >= 0.3 is 0 Å². The van der Waals surface area contributed by atoms with E-state index in [9.17, 15) is 17.6 Å². The van der Waals surface area contributed by atoms with Crippen LogP contribution in [0.5, 0.6) is 5.75 Å². The second-order valence-corrected chi connectivity index (χ2v) is 8.79. The zero-order chi connectivity index (χ0) is 22.0. The van der Waals surface area contributed by atoms with E-state index >= 15 is 0 Å². The molecule has 7 nitrogen and oxygen atoms in total. The number of carbonyl (C=O) groups excluding carboxylic acids is 1. The SMILES string of the molecule is COc1cc(S(=O)(=O)c2ccc(CNC(=O)C3C=c4cnccc4=N3)cc2)ccc1F. The summed E-state index contributed by atoms with van der Waals surface area (Å²) < 4.78 is 44.1. The van der Waals surface area contributed by atoms with Crippen molar-refractivity contribution in [2.75, 3.05) is 7.11 Å². The predicted molar refractivity (Wildman–Crippen MR) is 110 cm³/mol. The molecule has 0 aliphatic carbocycles. The molecule has 158 valence electrons. The van der Waals surface area contributed by atoms with Crippen molar-refractivity contribution in [3.8, 4) is 5.75 Å². The first-order valence-corrected chi connectivity index (χ1v) is 10.8. The summed E-state index contributed by atoms with van der Waals surface area (Å²) in [5.74, 6) is -1.04. The summed E-state index contributed by atoms with van der Waals surface area (Å²) in [5.41, 5.74) is 0.723. The van der Waals surface area contributed by atoms with Gasteiger partial charge in [-0.2, -0.15) is 0 Å². The second kappa shape index (κ2) is 8.27. The number of hydrogen-bond donors (Lipinski definition) is 1. The summed E-state index contributed by atoms with van der Waals surface area (Å²) >= 11 is 0. The summed E-state index contributed by atoms with van der Waals surface area (Å²) in [6.07, 6.45) is 5.01. The van der Waals surface area contributed by atoms with Crippen LogP contribution in [0.4, 0.5) is 4.39 Å². The molecule has 3 aromatic rings. The number of benzene rings is 2. The average Bonchev–Trinajstić information content (AvgIpc) is 3.22. The Balaban J connectivity index is 1.45. The molecule has 9 heteroatoms. The van der Waals surface area contributed by atoms with E-state index < -0.39 is 21.7 Å². The third-order valence-electron chi connectivity index (χ3n) is 4.85. The molecule has 1 atom stereocenters. The molecule has 1 N–H and O–H groups in total. The number of rotatable bonds is 6. The highest BCUT2D eigenvalue weighted by molar-refractivity contribution is 7.91. The lowest BCUT2D eigenvalue weighted by molar-refractivity contribution is -0.121. The van der Waals surface area contributed by atoms with Crippen molar-refractivity contribution in [2.24, 2.45) is 4.99 Å². The molecule has 1 unspecified atom stereocenters. The van der Waals surface area contributed by atoms with Gasteiger partial charge in [0, 0.05) is 30.2 Å². The Morgan fingerprint density at radius 2 is 1.87 bits per heavy atom. The molecule has 0 spiro atoms. The smallest absolute Gasteiger partial charge is 0.249 e. The highest BCUT2D eigenvalue weighted by Crippen LogP contribution is 2.26. The molecular formula is C22H18FN3O4S. The van der Waals surface area contributed by atoms with Crippen LogP contribution in [0, 0.1) is 5.82 Å². The summed E-state index contributed by atoms with van der Waals surface area (Å²) in [4.78, 5) is 20.7. The van der Waals surface area contributed by atoms with E-state index in [1.807, 2.05) is 0 Å². The van der Waals surface area contributed by atoms with Gasteiger partial charge in [0.15, 0.2) is 11.6 Å². The zero-order valence-corrected chi connectivity index (χ0v) is 17.3. The van der Waals surface area contributed by atoms with Crippen LogP contribution in [0.2, 0.25) is 0 Å². The Labute approximate surface area is 177 Å². The fourth-order valence-electron chi connectivity index (χ4n) is 3.16. The van der Waals surface area contributed by atoms with Gasteiger partial charge in [0.25, 0.3) is 0 Å². The van der Waals surface area contributed by atoms with Crippen LogP contribution in [-0.2, 0) is 21.2 Å². The maximum Gasteiger partial charge on any atom is 0.249 e. The van der Waals surface area contributed by atoms with E-state index in [2.05, 4.69) is 15.3 Å². The van der Waals surface area contributed by atoms with Gasteiger partial charge in [-0.25, -0.2) is 12.8 Å². The van der Waals surface area contributed by atoms with Crippen molar-refractivity contribution in [1.82, 2.24) is 10.3 Å². The van der Waals surface area contributed by atoms with Crippen molar-refractivity contribution >= 4 is 21.8 Å². The predicted octanol–water partition coefficient (Wildman–Crippen LogP) is 1.16. The number of sulfone groups is 1. The van der Waals surface area contributed by atoms with Gasteiger partial charge in [0.2, 0.25) is 15.7 Å². The van der Waals surface area contributed by atoms with Gasteiger partial charge in [0.1, 0.15) is 6.04 Å². The number of pyridine rings is 1. The molecule has 0 saturated heterocycles. The lowest BCUT2D eigenvalue weighted by atomic mass is 10.2. The van der Waals surface area contributed by atoms with Crippen LogP contribution in [0.15, 0.2) is 75.7 Å². The van der Waals surface area contributed by atoms with Gasteiger partial charge in [-0.1, -0.05) is 12.1 Å². The Kier molecular flexibility index (Phi) is 5.51. The number of nitrogens with zero attached hydrogens (tertiary/aromatic N) is 2. The van der Waals surface area contributed by atoms with Crippen molar-refractivity contribution in [2.45, 2.75) is 22.4 Å². The molecule has 0 bridgehead atoms. The first-order valence-electron chi connectivity index (χ1n) is 9.33. The van der Waals surface area contributed by atoms with Crippen molar-refractivity contribution in [3.63, 3.8) is 0 Å². The lowest BCUT2D eigenvalue weighted by Gasteiger charge is -2.10. The molecule has 1 aliphatic heterocycles. The molecule has 2 heterocycles. The largest absolute Gasteiger partial charge is 0.494 e. The summed E-state index contributed by atoms with van der Waals surface area (Å²) in [5, 5.41) is 4.33. The van der Waals surface area contributed by atoms with Crippen LogP contribution >= 0.6 is 0 Å².